The van der Waals surface area contributed by atoms with Gasteiger partial charge in [-0.2, -0.15) is 0 Å². The van der Waals surface area contributed by atoms with E-state index in [1.165, 1.54) is 54.1 Å². The lowest BCUT2D eigenvalue weighted by molar-refractivity contribution is 0.767. The van der Waals surface area contributed by atoms with E-state index in [1.807, 2.05) is 97.1 Å². The van der Waals surface area contributed by atoms with Crippen molar-refractivity contribution in [2.45, 2.75) is 5.41 Å². The Bertz CT molecular complexity index is 7310. The second-order valence-corrected chi connectivity index (χ2v) is 34.3. The molecule has 0 spiro atoms. The van der Waals surface area contributed by atoms with Crippen molar-refractivity contribution in [3.05, 3.63) is 423 Å². The normalized spacial score (nSPS) is 12.6. The van der Waals surface area contributed by atoms with Gasteiger partial charge in [0.1, 0.15) is 22.1 Å². The molecule has 1 aliphatic rings. The van der Waals surface area contributed by atoms with E-state index in [0.717, 1.165) is 155 Å². The summed E-state index contributed by atoms with van der Waals surface area (Å²) in [4.78, 5) is 41.2. The van der Waals surface area contributed by atoms with Crippen LogP contribution in [-0.4, -0.2) is 66.2 Å². The highest BCUT2D eigenvalue weighted by atomic mass is 28.3. The van der Waals surface area contributed by atoms with Gasteiger partial charge in [0.2, 0.25) is 0 Å². The molecule has 0 saturated carbocycles. The fraction of sp³-hybridized carbons (Fsp3) is 0.00952. The Morgan fingerprint density at radius 3 is 0.695 bits per heavy atom. The summed E-state index contributed by atoms with van der Waals surface area (Å²) in [6, 6.07) is 143. The van der Waals surface area contributed by atoms with E-state index >= 15 is 0 Å². The molecular weight excluding hydrogens is 1460 g/mol. The number of aromatic nitrogens is 12. The highest BCUT2D eigenvalue weighted by molar-refractivity contribution is 7.19. The highest BCUT2D eigenvalue weighted by Crippen LogP contribution is 2.56. The Balaban J connectivity index is 0.000000135. The molecule has 13 heteroatoms. The van der Waals surface area contributed by atoms with E-state index in [1.54, 1.807) is 0 Å². The Labute approximate surface area is 676 Å². The molecule has 550 valence electrons. The van der Waals surface area contributed by atoms with Crippen molar-refractivity contribution in [3.63, 3.8) is 0 Å². The fourth-order valence-corrected chi connectivity index (χ4v) is 23.8. The average Bonchev–Trinajstić information content (AvgIpc) is 1.51. The lowest BCUT2D eigenvalue weighted by Crippen LogP contribution is -2.74. The van der Waals surface area contributed by atoms with Crippen molar-refractivity contribution in [2.24, 2.45) is 0 Å². The number of fused-ring (bicyclic) bond motifs is 19. The number of nitrogens with zero attached hydrogens (tertiary/aromatic N) is 12. The first-order valence-electron chi connectivity index (χ1n) is 39.9. The predicted octanol–water partition coefficient (Wildman–Crippen LogP) is 21.3. The van der Waals surface area contributed by atoms with Crippen LogP contribution >= 0.6 is 0 Å². The quantitative estimate of drug-likeness (QED) is 0.0980. The lowest BCUT2D eigenvalue weighted by Gasteiger charge is -2.34. The maximum Gasteiger partial charge on any atom is 0.179 e. The van der Waals surface area contributed by atoms with Crippen molar-refractivity contribution >= 4 is 161 Å². The molecule has 118 heavy (non-hydrogen) atoms. The van der Waals surface area contributed by atoms with E-state index in [9.17, 15) is 0 Å². The summed E-state index contributed by atoms with van der Waals surface area (Å²) in [5.74, 6) is 0. The van der Waals surface area contributed by atoms with Gasteiger partial charge in [0, 0.05) is 44.3 Å². The van der Waals surface area contributed by atoms with Crippen LogP contribution in [0.3, 0.4) is 0 Å². The molecule has 0 amide bonds. The Morgan fingerprint density at radius 2 is 0.407 bits per heavy atom. The number of hydrogen-bond donors (Lipinski definition) is 0. The van der Waals surface area contributed by atoms with Gasteiger partial charge in [-0.1, -0.05) is 279 Å². The Hall–Kier alpha value is -15.7. The third kappa shape index (κ3) is 10.0. The summed E-state index contributed by atoms with van der Waals surface area (Å²) in [5.41, 5.74) is 29.5. The Morgan fingerprint density at radius 1 is 0.186 bits per heavy atom. The van der Waals surface area contributed by atoms with Gasteiger partial charge in [-0.05, 0) is 175 Å². The molecule has 12 nitrogen and oxygen atoms in total. The number of benzene rings is 16. The lowest BCUT2D eigenvalue weighted by atomic mass is 9.67. The minimum Gasteiger partial charge on any atom is -0.293 e. The van der Waals surface area contributed by atoms with E-state index in [-0.39, 0.29) is 0 Å². The molecule has 8 aromatic heterocycles. The zero-order chi connectivity index (χ0) is 77.6. The molecule has 1 aliphatic carbocycles. The third-order valence-corrected chi connectivity index (χ3v) is 29.1. The number of rotatable bonds is 10. The number of hydrogen-bond acceptors (Lipinski definition) is 8. The fourth-order valence-electron chi connectivity index (χ4n) is 19.1. The van der Waals surface area contributed by atoms with Crippen LogP contribution in [0.25, 0.3) is 166 Å². The van der Waals surface area contributed by atoms with E-state index in [2.05, 4.69) is 322 Å². The molecule has 0 unspecified atom stereocenters. The highest BCUT2D eigenvalue weighted by Gasteiger charge is 2.47. The van der Waals surface area contributed by atoms with Gasteiger partial charge < -0.3 is 0 Å². The number of para-hydroxylation sites is 12. The molecule has 24 aromatic rings. The standard InChI is InChI=1S/C53H32N6.C52H34N6Si/c1-5-17-41-37(13-1)38-14-2-6-18-42(38)53(41,33-25-29-35(30-26-33)58-47-23-11-3-15-39(47)49-51(58)56-45-21-9-7-19-43(45)54-49)34-27-31-36(32-28-34)59-48-24-12-4-16-40(48)50-52(59)57-46-22-10-8-20-44(46)55-50;1-3-15-37(16-4-1)59(38-17-5-2-6-18-38,39-31-27-35(28-32-39)57-47-25-13-7-19-41(47)49-51(57)55-45-23-11-9-21-43(45)53-49)40-33-29-36(30-34-40)58-48-26-14-8-20-42(48)50-52(58)56-46-24-12-10-22-44(46)54-50/h1-32H;1-34H. The predicted molar refractivity (Wildman–Crippen MR) is 484 cm³/mol. The van der Waals surface area contributed by atoms with Crippen LogP contribution in [0.5, 0.6) is 0 Å². The van der Waals surface area contributed by atoms with E-state index in [4.69, 9.17) is 39.9 Å². The van der Waals surface area contributed by atoms with Gasteiger partial charge in [0.25, 0.3) is 0 Å². The smallest absolute Gasteiger partial charge is 0.179 e. The van der Waals surface area contributed by atoms with Crippen LogP contribution in [0, 0.1) is 0 Å². The molecule has 16 aromatic carbocycles. The van der Waals surface area contributed by atoms with Gasteiger partial charge in [0.15, 0.2) is 30.7 Å². The zero-order valence-electron chi connectivity index (χ0n) is 63.5. The molecule has 8 heterocycles. The van der Waals surface area contributed by atoms with Crippen LogP contribution in [0.4, 0.5) is 0 Å². The van der Waals surface area contributed by atoms with Crippen LogP contribution in [0.1, 0.15) is 22.3 Å². The van der Waals surface area contributed by atoms with Gasteiger partial charge in [0.05, 0.1) is 71.6 Å². The molecule has 0 saturated heterocycles. The first-order valence-corrected chi connectivity index (χ1v) is 41.9. The van der Waals surface area contributed by atoms with E-state index < -0.39 is 13.5 Å². The summed E-state index contributed by atoms with van der Waals surface area (Å²) in [7, 11) is -2.88. The first kappa shape index (κ1) is 66.9. The molecule has 0 N–H and O–H groups in total. The molecule has 0 radical (unpaired) electrons. The second-order valence-electron chi connectivity index (χ2n) is 30.5. The van der Waals surface area contributed by atoms with Crippen molar-refractivity contribution < 1.29 is 0 Å². The summed E-state index contributed by atoms with van der Waals surface area (Å²) < 4.78 is 9.02. The maximum atomic E-state index is 5.19. The van der Waals surface area contributed by atoms with Crippen molar-refractivity contribution in [2.75, 3.05) is 0 Å². The summed E-state index contributed by atoms with van der Waals surface area (Å²) in [6.07, 6.45) is 0. The SMILES string of the molecule is c1ccc([Si](c2ccccc2)(c2ccc(-n3c4ccccc4c4nc5ccccc5nc43)cc2)c2ccc(-n3c4ccccc4c4nc5ccccc5nc43)cc2)cc1.c1ccc2c(c1)-c1ccccc1C2(c1ccc(-n2c3ccccc3c3nc4ccccc4nc32)cc1)c1ccc(-n2c3ccccc3c3nc4ccccc4nc32)cc1. The van der Waals surface area contributed by atoms with Crippen LogP contribution in [-0.2, 0) is 5.41 Å². The Kier molecular flexibility index (Phi) is 15.0. The van der Waals surface area contributed by atoms with E-state index in [0.29, 0.717) is 0 Å². The monoisotopic (exact) mass is 1520 g/mol. The molecule has 0 bridgehead atoms. The molecule has 0 fully saturated rings. The van der Waals surface area contributed by atoms with Gasteiger partial charge in [-0.25, -0.2) is 39.9 Å². The summed E-state index contributed by atoms with van der Waals surface area (Å²) >= 11 is 0. The summed E-state index contributed by atoms with van der Waals surface area (Å²) in [5, 5.41) is 9.56. The van der Waals surface area contributed by atoms with Gasteiger partial charge in [-0.15, -0.1) is 0 Å². The maximum absolute atomic E-state index is 5.19. The van der Waals surface area contributed by atoms with Crippen LogP contribution in [0.15, 0.2) is 400 Å². The minimum absolute atomic E-state index is 0.572. The molecular formula is C105H66N12Si. The van der Waals surface area contributed by atoms with Crippen molar-refractivity contribution in [3.8, 4) is 33.9 Å². The topological polar surface area (TPSA) is 123 Å². The zero-order valence-corrected chi connectivity index (χ0v) is 64.5. The van der Waals surface area contributed by atoms with Gasteiger partial charge in [-0.3, -0.25) is 18.3 Å². The summed E-state index contributed by atoms with van der Waals surface area (Å²) in [6.45, 7) is 0. The molecule has 0 atom stereocenters. The van der Waals surface area contributed by atoms with Crippen LogP contribution in [0.2, 0.25) is 0 Å². The largest absolute Gasteiger partial charge is 0.293 e. The third-order valence-electron chi connectivity index (χ3n) is 24.3. The van der Waals surface area contributed by atoms with Crippen molar-refractivity contribution in [1.29, 1.82) is 0 Å². The second kappa shape index (κ2) is 26.4. The van der Waals surface area contributed by atoms with Crippen LogP contribution < -0.4 is 20.7 Å². The molecule has 0 aliphatic heterocycles. The van der Waals surface area contributed by atoms with Gasteiger partial charge >= 0.3 is 0 Å². The molecule has 25 rings (SSSR count). The average molecular weight is 1520 g/mol. The first-order chi connectivity index (χ1) is 58.5. The van der Waals surface area contributed by atoms with Crippen molar-refractivity contribution in [1.82, 2.24) is 58.1 Å². The minimum atomic E-state index is -2.88.